The third kappa shape index (κ3) is 2.47. The van der Waals surface area contributed by atoms with E-state index in [1.54, 1.807) is 6.07 Å². The average Bonchev–Trinajstić information content (AvgIpc) is 2.62. The first kappa shape index (κ1) is 12.9. The first-order valence-electron chi connectivity index (χ1n) is 7.14. The van der Waals surface area contributed by atoms with Crippen molar-refractivity contribution in [1.82, 2.24) is 4.90 Å². The van der Waals surface area contributed by atoms with Gasteiger partial charge >= 0.3 is 0 Å². The molecule has 0 saturated carbocycles. The van der Waals surface area contributed by atoms with Crippen LogP contribution in [0.1, 0.15) is 24.8 Å². The summed E-state index contributed by atoms with van der Waals surface area (Å²) in [7, 11) is 2.22. The van der Waals surface area contributed by atoms with Crippen LogP contribution in [0.25, 0.3) is 0 Å². The molecule has 1 aromatic carbocycles. The number of nitrogens with two attached hydrogens (primary N) is 1. The summed E-state index contributed by atoms with van der Waals surface area (Å²) in [5.74, 6) is -0.180. The molecule has 1 aromatic rings. The van der Waals surface area contributed by atoms with Crippen molar-refractivity contribution in [1.29, 1.82) is 0 Å². The molecule has 0 aliphatic carbocycles. The standard InChI is InChI=1S/C15H22FN3/c1-18-13-2-3-14(18)10-19(5-4-13)15-7-11(9-17)6-12(16)8-15/h6-8,13-14H,2-5,9-10,17H2,1H3. The van der Waals surface area contributed by atoms with Gasteiger partial charge in [0.05, 0.1) is 0 Å². The van der Waals surface area contributed by atoms with E-state index < -0.39 is 0 Å². The van der Waals surface area contributed by atoms with Crippen LogP contribution in [0.3, 0.4) is 0 Å². The smallest absolute Gasteiger partial charge is 0.125 e. The van der Waals surface area contributed by atoms with Gasteiger partial charge < -0.3 is 10.6 Å². The van der Waals surface area contributed by atoms with Gasteiger partial charge in [-0.2, -0.15) is 0 Å². The zero-order chi connectivity index (χ0) is 13.4. The maximum absolute atomic E-state index is 13.6. The summed E-state index contributed by atoms with van der Waals surface area (Å²) in [6.45, 7) is 2.41. The number of fused-ring (bicyclic) bond motifs is 2. The highest BCUT2D eigenvalue weighted by molar-refractivity contribution is 5.49. The van der Waals surface area contributed by atoms with E-state index in [9.17, 15) is 4.39 Å². The Morgan fingerprint density at radius 1 is 1.21 bits per heavy atom. The number of likely N-dealkylation sites (N-methyl/N-ethyl adjacent to an activating group) is 1. The topological polar surface area (TPSA) is 32.5 Å². The molecule has 0 spiro atoms. The van der Waals surface area contributed by atoms with Crippen LogP contribution in [0.4, 0.5) is 10.1 Å². The molecular formula is C15H22FN3. The van der Waals surface area contributed by atoms with Crippen molar-refractivity contribution in [3.05, 3.63) is 29.6 Å². The van der Waals surface area contributed by atoms with Gasteiger partial charge in [-0.3, -0.25) is 4.90 Å². The Balaban J connectivity index is 1.84. The van der Waals surface area contributed by atoms with Crippen LogP contribution < -0.4 is 10.6 Å². The predicted molar refractivity (Wildman–Crippen MR) is 75.7 cm³/mol. The monoisotopic (exact) mass is 263 g/mol. The molecule has 0 amide bonds. The van der Waals surface area contributed by atoms with E-state index in [0.29, 0.717) is 18.6 Å². The molecule has 104 valence electrons. The van der Waals surface area contributed by atoms with Gasteiger partial charge in [0.1, 0.15) is 5.82 Å². The molecule has 4 heteroatoms. The van der Waals surface area contributed by atoms with Crippen LogP contribution >= 0.6 is 0 Å². The lowest BCUT2D eigenvalue weighted by molar-refractivity contribution is 0.254. The molecular weight excluding hydrogens is 241 g/mol. The quantitative estimate of drug-likeness (QED) is 0.885. The van der Waals surface area contributed by atoms with Crippen molar-refractivity contribution in [2.75, 3.05) is 25.0 Å². The van der Waals surface area contributed by atoms with Crippen LogP contribution in [0.2, 0.25) is 0 Å². The number of hydrogen-bond donors (Lipinski definition) is 1. The zero-order valence-corrected chi connectivity index (χ0v) is 11.5. The van der Waals surface area contributed by atoms with Crippen molar-refractivity contribution in [3.8, 4) is 0 Å². The van der Waals surface area contributed by atoms with Gasteiger partial charge in [0.2, 0.25) is 0 Å². The number of hydrogen-bond acceptors (Lipinski definition) is 3. The molecule has 2 atom stereocenters. The Hall–Kier alpha value is -1.13. The zero-order valence-electron chi connectivity index (χ0n) is 11.5. The van der Waals surface area contributed by atoms with Crippen LogP contribution in [-0.4, -0.2) is 37.1 Å². The molecule has 2 unspecified atom stereocenters. The van der Waals surface area contributed by atoms with Gasteiger partial charge in [0.25, 0.3) is 0 Å². The normalized spacial score (nSPS) is 27.6. The summed E-state index contributed by atoms with van der Waals surface area (Å²) >= 11 is 0. The molecule has 2 fully saturated rings. The van der Waals surface area contributed by atoms with E-state index in [2.05, 4.69) is 16.8 Å². The van der Waals surface area contributed by atoms with Gasteiger partial charge in [-0.1, -0.05) is 0 Å². The maximum atomic E-state index is 13.6. The number of halogens is 1. The lowest BCUT2D eigenvalue weighted by Gasteiger charge is -2.28. The minimum Gasteiger partial charge on any atom is -0.370 e. The third-order valence-electron chi connectivity index (χ3n) is 4.69. The van der Waals surface area contributed by atoms with E-state index in [0.717, 1.165) is 24.3 Å². The number of nitrogens with zero attached hydrogens (tertiary/aromatic N) is 2. The summed E-state index contributed by atoms with van der Waals surface area (Å²) < 4.78 is 13.6. The second-order valence-electron chi connectivity index (χ2n) is 5.81. The largest absolute Gasteiger partial charge is 0.370 e. The van der Waals surface area contributed by atoms with Gasteiger partial charge in [-0.05, 0) is 50.1 Å². The minimum atomic E-state index is -0.180. The van der Waals surface area contributed by atoms with E-state index in [-0.39, 0.29) is 5.82 Å². The maximum Gasteiger partial charge on any atom is 0.125 e. The summed E-state index contributed by atoms with van der Waals surface area (Å²) in [6, 6.07) is 6.51. The van der Waals surface area contributed by atoms with Gasteiger partial charge in [0.15, 0.2) is 0 Å². The Labute approximate surface area is 114 Å². The molecule has 2 bridgehead atoms. The van der Waals surface area contributed by atoms with Crippen LogP contribution in [-0.2, 0) is 6.54 Å². The van der Waals surface area contributed by atoms with Gasteiger partial charge in [0, 0.05) is 37.4 Å². The molecule has 2 saturated heterocycles. The van der Waals surface area contributed by atoms with Gasteiger partial charge in [-0.15, -0.1) is 0 Å². The molecule has 19 heavy (non-hydrogen) atoms. The molecule has 2 N–H and O–H groups in total. The third-order valence-corrected chi connectivity index (χ3v) is 4.69. The highest BCUT2D eigenvalue weighted by atomic mass is 19.1. The van der Waals surface area contributed by atoms with Crippen molar-refractivity contribution in [3.63, 3.8) is 0 Å². The van der Waals surface area contributed by atoms with Crippen molar-refractivity contribution < 1.29 is 4.39 Å². The highest BCUT2D eigenvalue weighted by Gasteiger charge is 2.34. The van der Waals surface area contributed by atoms with E-state index in [1.807, 2.05) is 6.07 Å². The van der Waals surface area contributed by atoms with Crippen LogP contribution in [0, 0.1) is 5.82 Å². The molecule has 0 aromatic heterocycles. The lowest BCUT2D eigenvalue weighted by Crippen LogP contribution is -2.36. The summed E-state index contributed by atoms with van der Waals surface area (Å²) in [4.78, 5) is 4.83. The molecule has 0 radical (unpaired) electrons. The van der Waals surface area contributed by atoms with Crippen LogP contribution in [0.5, 0.6) is 0 Å². The SMILES string of the molecule is CN1C2CCC1CN(c1cc(F)cc(CN)c1)CC2. The summed E-state index contributed by atoms with van der Waals surface area (Å²) in [5.41, 5.74) is 7.50. The average molecular weight is 263 g/mol. The first-order valence-corrected chi connectivity index (χ1v) is 7.14. The fourth-order valence-electron chi connectivity index (χ4n) is 3.48. The van der Waals surface area contributed by atoms with Crippen molar-refractivity contribution in [2.24, 2.45) is 5.73 Å². The van der Waals surface area contributed by atoms with E-state index in [1.165, 1.54) is 25.3 Å². The Morgan fingerprint density at radius 3 is 2.79 bits per heavy atom. The second-order valence-corrected chi connectivity index (χ2v) is 5.81. The first-order chi connectivity index (χ1) is 9.17. The molecule has 2 aliphatic rings. The van der Waals surface area contributed by atoms with E-state index >= 15 is 0 Å². The summed E-state index contributed by atoms with van der Waals surface area (Å²) in [5, 5.41) is 0. The Bertz CT molecular complexity index is 463. The summed E-state index contributed by atoms with van der Waals surface area (Å²) in [6.07, 6.45) is 3.74. The number of rotatable bonds is 2. The van der Waals surface area contributed by atoms with Crippen molar-refractivity contribution in [2.45, 2.75) is 37.9 Å². The fraction of sp³-hybridized carbons (Fsp3) is 0.600. The fourth-order valence-corrected chi connectivity index (χ4v) is 3.48. The lowest BCUT2D eigenvalue weighted by atomic mass is 10.1. The molecule has 2 heterocycles. The Morgan fingerprint density at radius 2 is 2.00 bits per heavy atom. The predicted octanol–water partition coefficient (Wildman–Crippen LogP) is 1.96. The second kappa shape index (κ2) is 5.10. The highest BCUT2D eigenvalue weighted by Crippen LogP contribution is 2.31. The number of anilines is 1. The van der Waals surface area contributed by atoms with E-state index in [4.69, 9.17) is 5.73 Å². The molecule has 3 rings (SSSR count). The number of benzene rings is 1. The van der Waals surface area contributed by atoms with Gasteiger partial charge in [-0.25, -0.2) is 4.39 Å². The molecule has 2 aliphatic heterocycles. The molecule has 3 nitrogen and oxygen atoms in total. The van der Waals surface area contributed by atoms with Crippen LogP contribution in [0.15, 0.2) is 18.2 Å². The van der Waals surface area contributed by atoms with Crippen molar-refractivity contribution >= 4 is 5.69 Å². The Kier molecular flexibility index (Phi) is 3.46. The minimum absolute atomic E-state index is 0.180.